The molecule has 0 bridgehead atoms. The molecule has 1 aliphatic heterocycles. The van der Waals surface area contributed by atoms with Gasteiger partial charge in [0.2, 0.25) is 5.91 Å². The molecule has 7 heteroatoms. The van der Waals surface area contributed by atoms with Crippen molar-refractivity contribution < 1.29 is 22.0 Å². The molecule has 102 valence electrons. The Bertz CT molecular complexity index is 640. The van der Waals surface area contributed by atoms with Gasteiger partial charge in [-0.3, -0.25) is 4.79 Å². The fourth-order valence-electron chi connectivity index (χ4n) is 1.79. The SMILES string of the molecule is O=C(CC1C=CS(=O)(=O)C1)Nc1ccc(F)c(F)c1. The molecule has 0 spiro atoms. The number of carbonyl (C=O) groups is 1. The fraction of sp³-hybridized carbons (Fsp3) is 0.250. The second-order valence-electron chi connectivity index (χ2n) is 4.30. The molecule has 1 aliphatic rings. The predicted molar refractivity (Wildman–Crippen MR) is 66.0 cm³/mol. The van der Waals surface area contributed by atoms with Crippen LogP contribution in [0.1, 0.15) is 6.42 Å². The maximum atomic E-state index is 12.9. The molecule has 0 fully saturated rings. The Labute approximate surface area is 109 Å². The smallest absolute Gasteiger partial charge is 0.224 e. The average Bonchev–Trinajstić information content (AvgIpc) is 2.63. The number of hydrogen-bond donors (Lipinski definition) is 1. The van der Waals surface area contributed by atoms with Gasteiger partial charge in [-0.05, 0) is 12.1 Å². The van der Waals surface area contributed by atoms with E-state index in [0.29, 0.717) is 0 Å². The van der Waals surface area contributed by atoms with Gasteiger partial charge in [-0.1, -0.05) is 6.08 Å². The van der Waals surface area contributed by atoms with Crippen LogP contribution in [0.25, 0.3) is 0 Å². The molecule has 1 unspecified atom stereocenters. The molecule has 4 nitrogen and oxygen atoms in total. The number of halogens is 2. The molecule has 1 amide bonds. The van der Waals surface area contributed by atoms with Crippen molar-refractivity contribution in [2.45, 2.75) is 6.42 Å². The van der Waals surface area contributed by atoms with Crippen LogP contribution < -0.4 is 5.32 Å². The zero-order chi connectivity index (χ0) is 14.0. The van der Waals surface area contributed by atoms with E-state index in [4.69, 9.17) is 0 Å². The molecule has 1 N–H and O–H groups in total. The Kier molecular flexibility index (Phi) is 3.66. The van der Waals surface area contributed by atoms with Crippen LogP contribution in [0, 0.1) is 17.6 Å². The van der Waals surface area contributed by atoms with Gasteiger partial charge in [-0.2, -0.15) is 0 Å². The summed E-state index contributed by atoms with van der Waals surface area (Å²) < 4.78 is 47.9. The van der Waals surface area contributed by atoms with E-state index in [9.17, 15) is 22.0 Å². The Morgan fingerprint density at radius 3 is 2.63 bits per heavy atom. The normalized spacial score (nSPS) is 20.4. The molecule has 0 saturated heterocycles. The number of rotatable bonds is 3. The summed E-state index contributed by atoms with van der Waals surface area (Å²) in [6.45, 7) is 0. The van der Waals surface area contributed by atoms with Crippen molar-refractivity contribution in [3.05, 3.63) is 41.3 Å². The number of hydrogen-bond acceptors (Lipinski definition) is 3. The molecular weight excluding hydrogens is 276 g/mol. The largest absolute Gasteiger partial charge is 0.326 e. The summed E-state index contributed by atoms with van der Waals surface area (Å²) >= 11 is 0. The van der Waals surface area contributed by atoms with E-state index in [1.165, 1.54) is 12.1 Å². The lowest BCUT2D eigenvalue weighted by atomic mass is 10.1. The summed E-state index contributed by atoms with van der Waals surface area (Å²) in [4.78, 5) is 11.6. The monoisotopic (exact) mass is 287 g/mol. The van der Waals surface area contributed by atoms with Crippen molar-refractivity contribution in [3.8, 4) is 0 Å². The van der Waals surface area contributed by atoms with Crippen molar-refractivity contribution in [1.82, 2.24) is 0 Å². The van der Waals surface area contributed by atoms with E-state index < -0.39 is 27.4 Å². The van der Waals surface area contributed by atoms with Crippen molar-refractivity contribution >= 4 is 21.4 Å². The Hall–Kier alpha value is -1.76. The van der Waals surface area contributed by atoms with Crippen molar-refractivity contribution in [2.75, 3.05) is 11.1 Å². The molecule has 2 rings (SSSR count). The second kappa shape index (κ2) is 5.08. The van der Waals surface area contributed by atoms with E-state index in [-0.39, 0.29) is 23.8 Å². The molecule has 0 aromatic heterocycles. The average molecular weight is 287 g/mol. The van der Waals surface area contributed by atoms with Crippen molar-refractivity contribution in [1.29, 1.82) is 0 Å². The van der Waals surface area contributed by atoms with E-state index in [1.807, 2.05) is 0 Å². The highest BCUT2D eigenvalue weighted by Gasteiger charge is 2.23. The number of sulfone groups is 1. The third kappa shape index (κ3) is 3.60. The molecule has 1 atom stereocenters. The zero-order valence-corrected chi connectivity index (χ0v) is 10.6. The molecule has 19 heavy (non-hydrogen) atoms. The van der Waals surface area contributed by atoms with E-state index in [1.54, 1.807) is 0 Å². The van der Waals surface area contributed by atoms with Crippen LogP contribution >= 0.6 is 0 Å². The zero-order valence-electron chi connectivity index (χ0n) is 9.77. The first-order valence-electron chi connectivity index (χ1n) is 5.51. The highest BCUT2D eigenvalue weighted by atomic mass is 32.2. The van der Waals surface area contributed by atoms with Crippen LogP contribution in [-0.4, -0.2) is 20.1 Å². The third-order valence-corrected chi connectivity index (χ3v) is 4.12. The van der Waals surface area contributed by atoms with Gasteiger partial charge in [0, 0.05) is 29.5 Å². The molecule has 1 aromatic carbocycles. The van der Waals surface area contributed by atoms with Crippen molar-refractivity contribution in [2.24, 2.45) is 5.92 Å². The Morgan fingerprint density at radius 2 is 2.05 bits per heavy atom. The molecule has 1 heterocycles. The minimum absolute atomic E-state index is 0.0191. The highest BCUT2D eigenvalue weighted by molar-refractivity contribution is 7.94. The van der Waals surface area contributed by atoms with Gasteiger partial charge in [-0.25, -0.2) is 17.2 Å². The Morgan fingerprint density at radius 1 is 1.32 bits per heavy atom. The summed E-state index contributed by atoms with van der Waals surface area (Å²) in [6, 6.07) is 3.01. The quantitative estimate of drug-likeness (QED) is 0.922. The summed E-state index contributed by atoms with van der Waals surface area (Å²) in [7, 11) is -3.20. The minimum Gasteiger partial charge on any atom is -0.326 e. The maximum Gasteiger partial charge on any atom is 0.224 e. The van der Waals surface area contributed by atoms with Gasteiger partial charge in [0.15, 0.2) is 21.5 Å². The summed E-state index contributed by atoms with van der Waals surface area (Å²) in [5, 5.41) is 3.48. The van der Waals surface area contributed by atoms with Crippen LogP contribution in [0.3, 0.4) is 0 Å². The van der Waals surface area contributed by atoms with E-state index >= 15 is 0 Å². The highest BCUT2D eigenvalue weighted by Crippen LogP contribution is 2.19. The first-order valence-corrected chi connectivity index (χ1v) is 7.23. The maximum absolute atomic E-state index is 12.9. The minimum atomic E-state index is -3.20. The molecular formula is C12H11F2NO3S. The van der Waals surface area contributed by atoms with Gasteiger partial charge in [0.25, 0.3) is 0 Å². The molecule has 0 saturated carbocycles. The van der Waals surface area contributed by atoms with Gasteiger partial charge in [-0.15, -0.1) is 0 Å². The van der Waals surface area contributed by atoms with Gasteiger partial charge in [0.1, 0.15) is 0 Å². The first-order chi connectivity index (χ1) is 8.85. The standard InChI is InChI=1S/C12H11F2NO3S/c13-10-2-1-9(6-11(10)14)15-12(16)5-8-3-4-19(17,18)7-8/h1-4,6,8H,5,7H2,(H,15,16). The molecule has 0 aliphatic carbocycles. The lowest BCUT2D eigenvalue weighted by molar-refractivity contribution is -0.116. The number of allylic oxidation sites excluding steroid dienone is 1. The summed E-state index contributed by atoms with van der Waals surface area (Å²) in [5.41, 5.74) is 0.133. The van der Waals surface area contributed by atoms with E-state index in [2.05, 4.69) is 5.32 Å². The lowest BCUT2D eigenvalue weighted by Crippen LogP contribution is -2.17. The summed E-state index contributed by atoms with van der Waals surface area (Å²) in [5.74, 6) is -2.98. The number of amides is 1. The van der Waals surface area contributed by atoms with Crippen LogP contribution in [0.15, 0.2) is 29.7 Å². The van der Waals surface area contributed by atoms with E-state index in [0.717, 1.165) is 17.5 Å². The van der Waals surface area contributed by atoms with Gasteiger partial charge >= 0.3 is 0 Å². The molecule has 0 radical (unpaired) electrons. The number of nitrogens with one attached hydrogen (secondary N) is 1. The van der Waals surface area contributed by atoms with Gasteiger partial charge in [0.05, 0.1) is 5.75 Å². The van der Waals surface area contributed by atoms with Crippen LogP contribution in [0.4, 0.5) is 14.5 Å². The fourth-order valence-corrected chi connectivity index (χ4v) is 3.19. The first kappa shape index (κ1) is 13.7. The third-order valence-electron chi connectivity index (χ3n) is 2.66. The number of carbonyl (C=O) groups excluding carboxylic acids is 1. The Balaban J connectivity index is 1.95. The number of anilines is 1. The van der Waals surface area contributed by atoms with Crippen LogP contribution in [0.5, 0.6) is 0 Å². The summed E-state index contributed by atoms with van der Waals surface area (Å²) in [6.07, 6.45) is 1.44. The predicted octanol–water partition coefficient (Wildman–Crippen LogP) is 1.85. The number of benzene rings is 1. The van der Waals surface area contributed by atoms with Crippen molar-refractivity contribution in [3.63, 3.8) is 0 Å². The van der Waals surface area contributed by atoms with Crippen LogP contribution in [0.2, 0.25) is 0 Å². The second-order valence-corrected chi connectivity index (χ2v) is 6.23. The molecule has 1 aromatic rings. The van der Waals surface area contributed by atoms with Gasteiger partial charge < -0.3 is 5.32 Å². The lowest BCUT2D eigenvalue weighted by Gasteiger charge is -2.08. The topological polar surface area (TPSA) is 63.2 Å². The van der Waals surface area contributed by atoms with Crippen LogP contribution in [-0.2, 0) is 14.6 Å².